The second kappa shape index (κ2) is 7.67. The summed E-state index contributed by atoms with van der Waals surface area (Å²) < 4.78 is 7.50. The highest BCUT2D eigenvalue weighted by atomic mass is 16.5. The third kappa shape index (κ3) is 3.32. The summed E-state index contributed by atoms with van der Waals surface area (Å²) in [6, 6.07) is 26.2. The maximum absolute atomic E-state index is 12.9. The smallest absolute Gasteiger partial charge is 0.227 e. The predicted molar refractivity (Wildman–Crippen MR) is 118 cm³/mol. The van der Waals surface area contributed by atoms with Crippen molar-refractivity contribution in [1.29, 1.82) is 0 Å². The zero-order valence-electron chi connectivity index (χ0n) is 16.9. The highest BCUT2D eigenvalue weighted by Crippen LogP contribution is 2.34. The number of aromatic nitrogens is 2. The first-order valence-electron chi connectivity index (χ1n) is 10.2. The van der Waals surface area contributed by atoms with E-state index in [-0.39, 0.29) is 11.8 Å². The zero-order valence-corrected chi connectivity index (χ0v) is 16.9. The summed E-state index contributed by atoms with van der Waals surface area (Å²) in [5.74, 6) is 1.94. The third-order valence-electron chi connectivity index (χ3n) is 5.74. The molecule has 150 valence electrons. The summed E-state index contributed by atoms with van der Waals surface area (Å²) in [5.41, 5.74) is 4.19. The number of benzene rings is 3. The van der Waals surface area contributed by atoms with Crippen LogP contribution in [0.4, 0.5) is 5.69 Å². The summed E-state index contributed by atoms with van der Waals surface area (Å²) in [7, 11) is 1.64. The van der Waals surface area contributed by atoms with Crippen molar-refractivity contribution in [2.24, 2.45) is 0 Å². The average Bonchev–Trinajstić information content (AvgIpc) is 3.35. The lowest BCUT2D eigenvalue weighted by Gasteiger charge is -2.18. The van der Waals surface area contributed by atoms with Gasteiger partial charge in [0.2, 0.25) is 5.91 Å². The summed E-state index contributed by atoms with van der Waals surface area (Å²) in [4.78, 5) is 19.7. The van der Waals surface area contributed by atoms with E-state index in [9.17, 15) is 4.79 Å². The van der Waals surface area contributed by atoms with Crippen molar-refractivity contribution >= 4 is 22.6 Å². The molecular weight excluding hydrogens is 374 g/mol. The van der Waals surface area contributed by atoms with Crippen LogP contribution in [0, 0.1) is 0 Å². The molecule has 0 N–H and O–H groups in total. The molecule has 1 aromatic heterocycles. The first kappa shape index (κ1) is 18.4. The fourth-order valence-corrected chi connectivity index (χ4v) is 4.23. The molecule has 1 fully saturated rings. The van der Waals surface area contributed by atoms with E-state index in [0.29, 0.717) is 13.0 Å². The number of anilines is 1. The Labute approximate surface area is 175 Å². The standard InChI is InChI=1S/C25H23N3O2/c1-30-21-13-11-20(12-14-21)27-17-19(15-24(27)29)25-26-22-9-5-6-10-23(22)28(25)16-18-7-3-2-4-8-18/h2-14,19H,15-17H2,1H3/t19-/m0/s1. The number of carbonyl (C=O) groups excluding carboxylic acids is 1. The topological polar surface area (TPSA) is 47.4 Å². The lowest BCUT2D eigenvalue weighted by atomic mass is 10.1. The molecule has 4 aromatic rings. The van der Waals surface area contributed by atoms with E-state index in [1.165, 1.54) is 5.56 Å². The Morgan fingerprint density at radius 2 is 1.70 bits per heavy atom. The van der Waals surface area contributed by atoms with Crippen LogP contribution in [-0.4, -0.2) is 29.1 Å². The van der Waals surface area contributed by atoms with Crippen molar-refractivity contribution in [3.63, 3.8) is 0 Å². The number of para-hydroxylation sites is 2. The third-order valence-corrected chi connectivity index (χ3v) is 5.74. The van der Waals surface area contributed by atoms with Gasteiger partial charge < -0.3 is 14.2 Å². The number of hydrogen-bond donors (Lipinski definition) is 0. The van der Waals surface area contributed by atoms with Crippen molar-refractivity contribution < 1.29 is 9.53 Å². The van der Waals surface area contributed by atoms with Crippen LogP contribution >= 0.6 is 0 Å². The first-order valence-corrected chi connectivity index (χ1v) is 10.2. The fraction of sp³-hybridized carbons (Fsp3) is 0.200. The van der Waals surface area contributed by atoms with Crippen LogP contribution in [0.2, 0.25) is 0 Å². The minimum absolute atomic E-state index is 0.0516. The Kier molecular flexibility index (Phi) is 4.71. The monoisotopic (exact) mass is 397 g/mol. The van der Waals surface area contributed by atoms with Crippen molar-refractivity contribution in [2.45, 2.75) is 18.9 Å². The van der Waals surface area contributed by atoms with Gasteiger partial charge in [0.05, 0.1) is 18.1 Å². The quantitative estimate of drug-likeness (QED) is 0.494. The average molecular weight is 397 g/mol. The van der Waals surface area contributed by atoms with Crippen LogP contribution in [0.3, 0.4) is 0 Å². The second-order valence-electron chi connectivity index (χ2n) is 7.63. The number of methoxy groups -OCH3 is 1. The van der Waals surface area contributed by atoms with Crippen LogP contribution < -0.4 is 9.64 Å². The molecule has 0 spiro atoms. The second-order valence-corrected chi connectivity index (χ2v) is 7.63. The van der Waals surface area contributed by atoms with E-state index >= 15 is 0 Å². The molecule has 0 radical (unpaired) electrons. The Bertz CT molecular complexity index is 1180. The SMILES string of the molecule is COc1ccc(N2C[C@@H](c3nc4ccccc4n3Cc3ccccc3)CC2=O)cc1. The molecule has 1 amide bonds. The zero-order chi connectivity index (χ0) is 20.5. The number of rotatable bonds is 5. The lowest BCUT2D eigenvalue weighted by Crippen LogP contribution is -2.24. The molecule has 5 heteroatoms. The van der Waals surface area contributed by atoms with Crippen LogP contribution in [0.5, 0.6) is 5.75 Å². The maximum atomic E-state index is 12.9. The molecule has 3 aromatic carbocycles. The Morgan fingerprint density at radius 1 is 0.967 bits per heavy atom. The molecule has 0 unspecified atom stereocenters. The molecular formula is C25H23N3O2. The molecule has 0 aliphatic carbocycles. The van der Waals surface area contributed by atoms with Crippen molar-refractivity contribution in [3.8, 4) is 5.75 Å². The molecule has 0 saturated carbocycles. The van der Waals surface area contributed by atoms with Crippen LogP contribution in [0.25, 0.3) is 11.0 Å². The Balaban J connectivity index is 1.50. The van der Waals surface area contributed by atoms with Gasteiger partial charge in [-0.25, -0.2) is 4.98 Å². The molecule has 5 rings (SSSR count). The molecule has 0 bridgehead atoms. The number of hydrogen-bond acceptors (Lipinski definition) is 3. The van der Waals surface area contributed by atoms with Crippen molar-refractivity contribution in [2.75, 3.05) is 18.6 Å². The number of nitrogens with zero attached hydrogens (tertiary/aromatic N) is 3. The number of amides is 1. The van der Waals surface area contributed by atoms with E-state index in [0.717, 1.165) is 34.8 Å². The van der Waals surface area contributed by atoms with Gasteiger partial charge in [-0.2, -0.15) is 0 Å². The summed E-state index contributed by atoms with van der Waals surface area (Å²) in [6.07, 6.45) is 0.462. The number of imidazole rings is 1. The minimum Gasteiger partial charge on any atom is -0.497 e. The van der Waals surface area contributed by atoms with Crippen LogP contribution in [0.15, 0.2) is 78.9 Å². The molecule has 5 nitrogen and oxygen atoms in total. The number of ether oxygens (including phenoxy) is 1. The molecule has 1 saturated heterocycles. The predicted octanol–water partition coefficient (Wildman–Crippen LogP) is 4.61. The minimum atomic E-state index is 0.0516. The fourth-order valence-electron chi connectivity index (χ4n) is 4.23. The van der Waals surface area contributed by atoms with E-state index < -0.39 is 0 Å². The van der Waals surface area contributed by atoms with Gasteiger partial charge in [-0.15, -0.1) is 0 Å². The van der Waals surface area contributed by atoms with E-state index in [2.05, 4.69) is 34.9 Å². The lowest BCUT2D eigenvalue weighted by molar-refractivity contribution is -0.117. The summed E-state index contributed by atoms with van der Waals surface area (Å²) >= 11 is 0. The first-order chi connectivity index (χ1) is 14.7. The van der Waals surface area contributed by atoms with Gasteiger partial charge in [0.25, 0.3) is 0 Å². The van der Waals surface area contributed by atoms with E-state index in [1.807, 2.05) is 53.4 Å². The van der Waals surface area contributed by atoms with Gasteiger partial charge in [-0.3, -0.25) is 4.79 Å². The van der Waals surface area contributed by atoms with Gasteiger partial charge in [0, 0.05) is 31.1 Å². The Hall–Kier alpha value is -3.60. The largest absolute Gasteiger partial charge is 0.497 e. The molecule has 2 heterocycles. The van der Waals surface area contributed by atoms with Crippen LogP contribution in [0.1, 0.15) is 23.7 Å². The van der Waals surface area contributed by atoms with Crippen molar-refractivity contribution in [3.05, 3.63) is 90.3 Å². The molecule has 1 aliphatic heterocycles. The molecule has 1 aliphatic rings. The van der Waals surface area contributed by atoms with Gasteiger partial charge in [-0.05, 0) is 42.0 Å². The highest BCUT2D eigenvalue weighted by Gasteiger charge is 2.34. The Morgan fingerprint density at radius 3 is 2.47 bits per heavy atom. The van der Waals surface area contributed by atoms with E-state index in [4.69, 9.17) is 9.72 Å². The number of carbonyl (C=O) groups is 1. The van der Waals surface area contributed by atoms with Gasteiger partial charge in [0.15, 0.2) is 0 Å². The maximum Gasteiger partial charge on any atom is 0.227 e. The van der Waals surface area contributed by atoms with Crippen LogP contribution in [-0.2, 0) is 11.3 Å². The molecule has 1 atom stereocenters. The van der Waals surface area contributed by atoms with Gasteiger partial charge >= 0.3 is 0 Å². The van der Waals surface area contributed by atoms with Gasteiger partial charge in [0.1, 0.15) is 11.6 Å². The number of fused-ring (bicyclic) bond motifs is 1. The highest BCUT2D eigenvalue weighted by molar-refractivity contribution is 5.96. The van der Waals surface area contributed by atoms with Crippen molar-refractivity contribution in [1.82, 2.24) is 9.55 Å². The molecule has 30 heavy (non-hydrogen) atoms. The summed E-state index contributed by atoms with van der Waals surface area (Å²) in [5, 5.41) is 0. The normalized spacial score (nSPS) is 16.4. The van der Waals surface area contributed by atoms with E-state index in [1.54, 1.807) is 7.11 Å². The summed E-state index contributed by atoms with van der Waals surface area (Å²) in [6.45, 7) is 1.37. The van der Waals surface area contributed by atoms with Gasteiger partial charge in [-0.1, -0.05) is 42.5 Å².